The van der Waals surface area contributed by atoms with Crippen molar-refractivity contribution in [3.05, 3.63) is 29.8 Å². The molecule has 2 N–H and O–H groups in total. The molecule has 1 fully saturated rings. The highest BCUT2D eigenvalue weighted by molar-refractivity contribution is 7.80. The molecule has 0 aromatic heterocycles. The smallest absolute Gasteiger partial charge is 0.308 e. The van der Waals surface area contributed by atoms with Crippen LogP contribution in [0.15, 0.2) is 24.3 Å². The molecule has 28 heavy (non-hydrogen) atoms. The van der Waals surface area contributed by atoms with Crippen molar-refractivity contribution in [1.82, 2.24) is 15.5 Å². The number of hydrogen-bond donors (Lipinski definition) is 2. The van der Waals surface area contributed by atoms with E-state index in [4.69, 9.17) is 21.7 Å². The van der Waals surface area contributed by atoms with Crippen LogP contribution in [0.5, 0.6) is 5.75 Å². The van der Waals surface area contributed by atoms with Gasteiger partial charge in [-0.3, -0.25) is 19.7 Å². The maximum Gasteiger partial charge on any atom is 0.308 e. The summed E-state index contributed by atoms with van der Waals surface area (Å²) in [6, 6.07) is 5.72. The zero-order valence-corrected chi connectivity index (χ0v) is 16.5. The molecule has 0 spiro atoms. The molecule has 9 nitrogen and oxygen atoms in total. The number of esters is 1. The van der Waals surface area contributed by atoms with Crippen LogP contribution in [0.2, 0.25) is 0 Å². The summed E-state index contributed by atoms with van der Waals surface area (Å²) in [5, 5.41) is 5.36. The molecule has 2 amide bonds. The van der Waals surface area contributed by atoms with Gasteiger partial charge < -0.3 is 24.4 Å². The van der Waals surface area contributed by atoms with Crippen molar-refractivity contribution in [2.75, 3.05) is 40.5 Å². The molecule has 1 aromatic rings. The molecule has 1 aliphatic rings. The topological polar surface area (TPSA) is 106 Å². The standard InChI is InChI=1S/C18H23N3O6S/c1-25-9-10-27-13-5-3-12(4-6-13)16(23)20-18(28)21-8-7-19-17(24)14(21)11-15(22)26-2/h3-6,14H,7-11H2,1-2H3,(H,19,24)(H,20,23,28). The first-order valence-corrected chi connectivity index (χ1v) is 9.05. The van der Waals surface area contributed by atoms with Gasteiger partial charge in [-0.25, -0.2) is 0 Å². The molecule has 0 aliphatic carbocycles. The van der Waals surface area contributed by atoms with Gasteiger partial charge in [0.25, 0.3) is 5.91 Å². The van der Waals surface area contributed by atoms with Crippen LogP contribution >= 0.6 is 12.2 Å². The number of piperazine rings is 1. The summed E-state index contributed by atoms with van der Waals surface area (Å²) in [4.78, 5) is 37.7. The molecule has 1 aliphatic heterocycles. The van der Waals surface area contributed by atoms with Gasteiger partial charge in [0, 0.05) is 25.8 Å². The Morgan fingerprint density at radius 1 is 1.25 bits per heavy atom. The van der Waals surface area contributed by atoms with Crippen LogP contribution in [-0.4, -0.2) is 74.4 Å². The van der Waals surface area contributed by atoms with Crippen molar-refractivity contribution in [2.45, 2.75) is 12.5 Å². The number of nitrogens with zero attached hydrogens (tertiary/aromatic N) is 1. The third-order valence-electron chi connectivity index (χ3n) is 4.07. The Kier molecular flexibility index (Phi) is 8.15. The molecular weight excluding hydrogens is 386 g/mol. The monoisotopic (exact) mass is 409 g/mol. The lowest BCUT2D eigenvalue weighted by atomic mass is 10.1. The molecule has 0 bridgehead atoms. The molecule has 2 rings (SSSR count). The van der Waals surface area contributed by atoms with E-state index in [9.17, 15) is 14.4 Å². The fourth-order valence-electron chi connectivity index (χ4n) is 2.59. The first kappa shape index (κ1) is 21.6. The predicted octanol–water partition coefficient (Wildman–Crippen LogP) is 0.0900. The number of methoxy groups -OCH3 is 2. The lowest BCUT2D eigenvalue weighted by molar-refractivity contribution is -0.144. The average Bonchev–Trinajstić information content (AvgIpc) is 2.69. The Balaban J connectivity index is 1.98. The Morgan fingerprint density at radius 3 is 2.61 bits per heavy atom. The molecule has 1 heterocycles. The minimum absolute atomic E-state index is 0.0779. The molecular formula is C18H23N3O6S. The van der Waals surface area contributed by atoms with Crippen molar-refractivity contribution in [1.29, 1.82) is 0 Å². The first-order valence-electron chi connectivity index (χ1n) is 8.64. The summed E-state index contributed by atoms with van der Waals surface area (Å²) in [6.45, 7) is 1.61. The predicted molar refractivity (Wildman–Crippen MR) is 104 cm³/mol. The van der Waals surface area contributed by atoms with Gasteiger partial charge in [0.05, 0.1) is 20.1 Å². The van der Waals surface area contributed by atoms with E-state index in [1.165, 1.54) is 12.0 Å². The van der Waals surface area contributed by atoms with Gasteiger partial charge in [-0.05, 0) is 36.5 Å². The van der Waals surface area contributed by atoms with E-state index in [0.29, 0.717) is 37.6 Å². The van der Waals surface area contributed by atoms with Crippen molar-refractivity contribution in [2.24, 2.45) is 0 Å². The summed E-state index contributed by atoms with van der Waals surface area (Å²) >= 11 is 5.29. The van der Waals surface area contributed by atoms with E-state index < -0.39 is 17.9 Å². The van der Waals surface area contributed by atoms with E-state index in [1.54, 1.807) is 31.4 Å². The number of thiocarbonyl (C=S) groups is 1. The van der Waals surface area contributed by atoms with Crippen LogP contribution in [0.4, 0.5) is 0 Å². The van der Waals surface area contributed by atoms with Crippen molar-refractivity contribution >= 4 is 35.1 Å². The van der Waals surface area contributed by atoms with Crippen molar-refractivity contribution < 1.29 is 28.6 Å². The number of benzene rings is 1. The van der Waals surface area contributed by atoms with Crippen LogP contribution < -0.4 is 15.4 Å². The van der Waals surface area contributed by atoms with Crippen molar-refractivity contribution in [3.63, 3.8) is 0 Å². The number of nitrogens with one attached hydrogen (secondary N) is 2. The number of hydrogen-bond acceptors (Lipinski definition) is 7. The number of carbonyl (C=O) groups is 3. The normalized spacial score (nSPS) is 16.1. The molecule has 1 saturated heterocycles. The highest BCUT2D eigenvalue weighted by atomic mass is 32.1. The summed E-state index contributed by atoms with van der Waals surface area (Å²) < 4.78 is 15.0. The fourth-order valence-corrected chi connectivity index (χ4v) is 2.90. The van der Waals surface area contributed by atoms with Crippen LogP contribution in [0.1, 0.15) is 16.8 Å². The third-order valence-corrected chi connectivity index (χ3v) is 4.41. The quantitative estimate of drug-likeness (QED) is 0.371. The van der Waals surface area contributed by atoms with E-state index >= 15 is 0 Å². The van der Waals surface area contributed by atoms with Gasteiger partial charge in [-0.1, -0.05) is 0 Å². The van der Waals surface area contributed by atoms with Crippen LogP contribution in [0, 0.1) is 0 Å². The summed E-state index contributed by atoms with van der Waals surface area (Å²) in [6.07, 6.45) is -0.161. The van der Waals surface area contributed by atoms with Gasteiger partial charge in [0.1, 0.15) is 18.4 Å². The molecule has 0 saturated carbocycles. The Bertz CT molecular complexity index is 725. The SMILES string of the molecule is COCCOc1ccc(C(=O)NC(=S)N2CCNC(=O)C2CC(=O)OC)cc1. The number of amides is 2. The molecule has 0 radical (unpaired) electrons. The minimum atomic E-state index is -0.828. The van der Waals surface area contributed by atoms with Gasteiger partial charge in [-0.15, -0.1) is 0 Å². The first-order chi connectivity index (χ1) is 13.5. The van der Waals surface area contributed by atoms with Gasteiger partial charge in [-0.2, -0.15) is 0 Å². The zero-order chi connectivity index (χ0) is 20.5. The Morgan fingerprint density at radius 2 is 1.96 bits per heavy atom. The van der Waals surface area contributed by atoms with E-state index in [0.717, 1.165) is 0 Å². The number of ether oxygens (including phenoxy) is 3. The fraction of sp³-hybridized carbons (Fsp3) is 0.444. The largest absolute Gasteiger partial charge is 0.491 e. The maximum absolute atomic E-state index is 12.5. The summed E-state index contributed by atoms with van der Waals surface area (Å²) in [7, 11) is 2.83. The second-order valence-corrected chi connectivity index (χ2v) is 6.29. The van der Waals surface area contributed by atoms with Crippen LogP contribution in [0.3, 0.4) is 0 Å². The van der Waals surface area contributed by atoms with Crippen molar-refractivity contribution in [3.8, 4) is 5.75 Å². The minimum Gasteiger partial charge on any atom is -0.491 e. The van der Waals surface area contributed by atoms with Gasteiger partial charge >= 0.3 is 5.97 Å². The summed E-state index contributed by atoms with van der Waals surface area (Å²) in [5.74, 6) is -0.686. The average molecular weight is 409 g/mol. The van der Waals surface area contributed by atoms with E-state index in [-0.39, 0.29) is 17.4 Å². The van der Waals surface area contributed by atoms with Crippen LogP contribution in [-0.2, 0) is 19.1 Å². The van der Waals surface area contributed by atoms with E-state index in [2.05, 4.69) is 15.4 Å². The third kappa shape index (κ3) is 5.89. The van der Waals surface area contributed by atoms with Gasteiger partial charge in [0.2, 0.25) is 5.91 Å². The molecule has 1 aromatic carbocycles. The molecule has 152 valence electrons. The Labute approximate surface area is 168 Å². The van der Waals surface area contributed by atoms with E-state index in [1.807, 2.05) is 0 Å². The highest BCUT2D eigenvalue weighted by Gasteiger charge is 2.34. The highest BCUT2D eigenvalue weighted by Crippen LogP contribution is 2.14. The second-order valence-electron chi connectivity index (χ2n) is 5.91. The zero-order valence-electron chi connectivity index (χ0n) is 15.7. The molecule has 1 unspecified atom stereocenters. The van der Waals surface area contributed by atoms with Crippen LogP contribution in [0.25, 0.3) is 0 Å². The maximum atomic E-state index is 12.5. The number of rotatable bonds is 7. The lowest BCUT2D eigenvalue weighted by Gasteiger charge is -2.36. The second kappa shape index (κ2) is 10.6. The molecule has 1 atom stereocenters. The van der Waals surface area contributed by atoms with Gasteiger partial charge in [0.15, 0.2) is 5.11 Å². The Hall–Kier alpha value is -2.72. The number of carbonyl (C=O) groups excluding carboxylic acids is 3. The lowest BCUT2D eigenvalue weighted by Crippen LogP contribution is -2.60. The summed E-state index contributed by atoms with van der Waals surface area (Å²) in [5.41, 5.74) is 0.382. The molecule has 10 heteroatoms.